The molecule has 3 heteroatoms. The van der Waals surface area contributed by atoms with Crippen molar-refractivity contribution >= 4 is 23.0 Å². The number of anilines is 3. The molecule has 0 amide bonds. The van der Waals surface area contributed by atoms with Gasteiger partial charge in [-0.1, -0.05) is 48.0 Å². The molecule has 0 saturated heterocycles. The minimum atomic E-state index is -0.390. The van der Waals surface area contributed by atoms with E-state index in [1.54, 1.807) is 0 Å². The van der Waals surface area contributed by atoms with Crippen LogP contribution in [0.5, 0.6) is 0 Å². The lowest BCUT2D eigenvalue weighted by molar-refractivity contribution is -0.137. The molecule has 0 heterocycles. The van der Waals surface area contributed by atoms with Crippen LogP contribution in [-0.2, 0) is 16.0 Å². The van der Waals surface area contributed by atoms with Crippen LogP contribution < -0.4 is 4.90 Å². The molecule has 0 bridgehead atoms. The summed E-state index contributed by atoms with van der Waals surface area (Å²) in [5.74, 6) is -0.390. The highest BCUT2D eigenvalue weighted by atomic mass is 16.5. The van der Waals surface area contributed by atoms with Crippen molar-refractivity contribution in [1.82, 2.24) is 0 Å². The summed E-state index contributed by atoms with van der Waals surface area (Å²) in [6.45, 7) is 10.0. The van der Waals surface area contributed by atoms with E-state index in [4.69, 9.17) is 4.74 Å². The molecule has 3 rings (SSSR count). The van der Waals surface area contributed by atoms with E-state index in [-0.39, 0.29) is 5.97 Å². The topological polar surface area (TPSA) is 29.5 Å². The van der Waals surface area contributed by atoms with Gasteiger partial charge in [-0.3, -0.25) is 0 Å². The Balaban J connectivity index is 1.98. The van der Waals surface area contributed by atoms with Gasteiger partial charge in [0.2, 0.25) is 0 Å². The Hall–Kier alpha value is -3.33. The number of carbonyl (C=O) groups excluding carboxylic acids is 1. The molecule has 3 aromatic carbocycles. The predicted molar refractivity (Wildman–Crippen MR) is 120 cm³/mol. The van der Waals surface area contributed by atoms with E-state index in [2.05, 4.69) is 99.0 Å². The van der Waals surface area contributed by atoms with Gasteiger partial charge in [0.25, 0.3) is 0 Å². The van der Waals surface area contributed by atoms with Crippen molar-refractivity contribution in [3.05, 3.63) is 102 Å². The molecule has 0 fully saturated rings. The van der Waals surface area contributed by atoms with E-state index >= 15 is 0 Å². The molecule has 29 heavy (non-hydrogen) atoms. The lowest BCUT2D eigenvalue weighted by Gasteiger charge is -2.26. The van der Waals surface area contributed by atoms with Crippen molar-refractivity contribution < 1.29 is 9.53 Å². The molecule has 0 unspecified atom stereocenters. The van der Waals surface area contributed by atoms with Crippen molar-refractivity contribution in [1.29, 1.82) is 0 Å². The van der Waals surface area contributed by atoms with Crippen LogP contribution in [0.25, 0.3) is 0 Å². The number of hydrogen-bond donors (Lipinski definition) is 0. The number of ether oxygens (including phenoxy) is 1. The van der Waals surface area contributed by atoms with Crippen molar-refractivity contribution in [3.8, 4) is 0 Å². The van der Waals surface area contributed by atoms with Gasteiger partial charge in [0, 0.05) is 29.6 Å². The molecule has 0 spiro atoms. The summed E-state index contributed by atoms with van der Waals surface area (Å²) in [7, 11) is 0. The van der Waals surface area contributed by atoms with Gasteiger partial charge >= 0.3 is 5.97 Å². The fourth-order valence-electron chi connectivity index (χ4n) is 3.28. The maximum Gasteiger partial charge on any atom is 0.330 e. The summed E-state index contributed by atoms with van der Waals surface area (Å²) in [4.78, 5) is 13.6. The molecular formula is C26H27NO2. The third kappa shape index (κ3) is 5.35. The summed E-state index contributed by atoms with van der Waals surface area (Å²) in [6.07, 6.45) is 1.85. The number of carbonyl (C=O) groups is 1. The lowest BCUT2D eigenvalue weighted by atomic mass is 10.1. The average molecular weight is 386 g/mol. The molecule has 148 valence electrons. The summed E-state index contributed by atoms with van der Waals surface area (Å²) in [6, 6.07) is 23.5. The third-order valence-electron chi connectivity index (χ3n) is 4.77. The molecule has 0 aromatic heterocycles. The van der Waals surface area contributed by atoms with E-state index in [1.807, 2.05) is 0 Å². The quantitative estimate of drug-likeness (QED) is 0.350. The molecule has 3 aromatic rings. The Kier molecular flexibility index (Phi) is 6.50. The van der Waals surface area contributed by atoms with Crippen LogP contribution in [0, 0.1) is 20.8 Å². The first-order valence-corrected chi connectivity index (χ1v) is 9.79. The SMILES string of the molecule is C=CC(=O)OCCc1cc(C)cc(N(c2ccc(C)cc2)c2ccc(C)cc2)c1. The highest BCUT2D eigenvalue weighted by molar-refractivity contribution is 5.81. The zero-order chi connectivity index (χ0) is 20.8. The van der Waals surface area contributed by atoms with Gasteiger partial charge in [-0.2, -0.15) is 0 Å². The van der Waals surface area contributed by atoms with Gasteiger partial charge in [0.1, 0.15) is 0 Å². The molecule has 0 radical (unpaired) electrons. The molecular weight excluding hydrogens is 358 g/mol. The Bertz CT molecular complexity index is 943. The van der Waals surface area contributed by atoms with Gasteiger partial charge in [-0.25, -0.2) is 4.79 Å². The Morgan fingerprint density at radius 2 is 1.38 bits per heavy atom. The maximum absolute atomic E-state index is 11.3. The van der Waals surface area contributed by atoms with Gasteiger partial charge in [-0.05, 0) is 68.3 Å². The summed E-state index contributed by atoms with van der Waals surface area (Å²) >= 11 is 0. The molecule has 0 atom stereocenters. The van der Waals surface area contributed by atoms with Crippen LogP contribution in [0.2, 0.25) is 0 Å². The lowest BCUT2D eigenvalue weighted by Crippen LogP contribution is -2.11. The Labute approximate surface area is 173 Å². The monoisotopic (exact) mass is 385 g/mol. The smallest absolute Gasteiger partial charge is 0.330 e. The maximum atomic E-state index is 11.3. The fourth-order valence-corrected chi connectivity index (χ4v) is 3.28. The summed E-state index contributed by atoms with van der Waals surface area (Å²) in [5, 5.41) is 0. The number of hydrogen-bond acceptors (Lipinski definition) is 3. The molecule has 0 aliphatic carbocycles. The fraction of sp³-hybridized carbons (Fsp3) is 0.192. The number of esters is 1. The van der Waals surface area contributed by atoms with Crippen LogP contribution in [0.4, 0.5) is 17.1 Å². The first kappa shape index (κ1) is 20.4. The highest BCUT2D eigenvalue weighted by Crippen LogP contribution is 2.35. The molecule has 0 aliphatic rings. The minimum Gasteiger partial charge on any atom is -0.462 e. The Morgan fingerprint density at radius 1 is 0.828 bits per heavy atom. The number of benzene rings is 3. The van der Waals surface area contributed by atoms with Gasteiger partial charge in [-0.15, -0.1) is 0 Å². The van der Waals surface area contributed by atoms with Crippen molar-refractivity contribution in [2.75, 3.05) is 11.5 Å². The normalized spacial score (nSPS) is 10.4. The van der Waals surface area contributed by atoms with E-state index in [1.165, 1.54) is 17.2 Å². The van der Waals surface area contributed by atoms with Crippen molar-refractivity contribution in [3.63, 3.8) is 0 Å². The van der Waals surface area contributed by atoms with Gasteiger partial charge in [0.05, 0.1) is 6.61 Å². The third-order valence-corrected chi connectivity index (χ3v) is 4.77. The van der Waals surface area contributed by atoms with E-state index < -0.39 is 0 Å². The van der Waals surface area contributed by atoms with Crippen LogP contribution >= 0.6 is 0 Å². The van der Waals surface area contributed by atoms with Crippen LogP contribution in [0.3, 0.4) is 0 Å². The second-order valence-electron chi connectivity index (χ2n) is 7.30. The molecule has 0 saturated carbocycles. The first-order valence-electron chi connectivity index (χ1n) is 9.79. The summed E-state index contributed by atoms with van der Waals surface area (Å²) < 4.78 is 5.16. The average Bonchev–Trinajstić information content (AvgIpc) is 2.70. The van der Waals surface area contributed by atoms with Crippen molar-refractivity contribution in [2.24, 2.45) is 0 Å². The van der Waals surface area contributed by atoms with Gasteiger partial charge in [0.15, 0.2) is 0 Å². The predicted octanol–water partition coefficient (Wildman–Crippen LogP) is 6.35. The van der Waals surface area contributed by atoms with E-state index in [0.29, 0.717) is 13.0 Å². The van der Waals surface area contributed by atoms with E-state index in [9.17, 15) is 4.79 Å². The van der Waals surface area contributed by atoms with Crippen molar-refractivity contribution in [2.45, 2.75) is 27.2 Å². The van der Waals surface area contributed by atoms with E-state index in [0.717, 1.165) is 28.2 Å². The van der Waals surface area contributed by atoms with Crippen LogP contribution in [-0.4, -0.2) is 12.6 Å². The van der Waals surface area contributed by atoms with Crippen LogP contribution in [0.15, 0.2) is 79.4 Å². The molecule has 0 N–H and O–H groups in total. The highest BCUT2D eigenvalue weighted by Gasteiger charge is 2.14. The van der Waals surface area contributed by atoms with Crippen LogP contribution in [0.1, 0.15) is 22.3 Å². The zero-order valence-corrected chi connectivity index (χ0v) is 17.3. The second-order valence-corrected chi connectivity index (χ2v) is 7.30. The first-order chi connectivity index (χ1) is 14.0. The second kappa shape index (κ2) is 9.24. The molecule has 0 aliphatic heterocycles. The number of aryl methyl sites for hydroxylation is 3. The number of rotatable bonds is 7. The van der Waals surface area contributed by atoms with Gasteiger partial charge < -0.3 is 9.64 Å². The minimum absolute atomic E-state index is 0.336. The number of nitrogens with zero attached hydrogens (tertiary/aromatic N) is 1. The largest absolute Gasteiger partial charge is 0.462 e. The Morgan fingerprint density at radius 3 is 1.90 bits per heavy atom. The molecule has 3 nitrogen and oxygen atoms in total. The standard InChI is InChI=1S/C26H27NO2/c1-5-26(28)29-15-14-22-16-21(4)17-25(18-22)27(23-10-6-19(2)7-11-23)24-12-8-20(3)9-13-24/h5-13,16-18H,1,14-15H2,2-4H3. The zero-order valence-electron chi connectivity index (χ0n) is 17.3. The summed E-state index contributed by atoms with van der Waals surface area (Å²) in [5.41, 5.74) is 8.04.